The summed E-state index contributed by atoms with van der Waals surface area (Å²) in [5, 5.41) is 6.70. The molecule has 4 rings (SSSR count). The maximum Gasteiger partial charge on any atom is 0.246 e. The monoisotopic (exact) mass is 370 g/mol. The number of likely N-dealkylation sites (N-methyl/N-ethyl adjacent to an activating group) is 1. The summed E-state index contributed by atoms with van der Waals surface area (Å²) < 4.78 is 1.71. The molecule has 5 heteroatoms. The first-order chi connectivity index (χ1) is 13.5. The highest BCUT2D eigenvalue weighted by Crippen LogP contribution is 2.29. The van der Waals surface area contributed by atoms with Crippen molar-refractivity contribution >= 4 is 16.7 Å². The number of rotatable bonds is 4. The molecule has 0 aliphatic rings. The van der Waals surface area contributed by atoms with E-state index in [1.54, 1.807) is 29.9 Å². The predicted molar refractivity (Wildman–Crippen MR) is 112 cm³/mol. The van der Waals surface area contributed by atoms with Gasteiger partial charge in [0.25, 0.3) is 0 Å². The summed E-state index contributed by atoms with van der Waals surface area (Å²) in [6.45, 7) is 1.86. The molecule has 0 saturated carbocycles. The van der Waals surface area contributed by atoms with Gasteiger partial charge in [-0.15, -0.1) is 0 Å². The van der Waals surface area contributed by atoms with Crippen molar-refractivity contribution in [1.29, 1.82) is 0 Å². The van der Waals surface area contributed by atoms with E-state index < -0.39 is 0 Å². The van der Waals surface area contributed by atoms with Gasteiger partial charge in [-0.1, -0.05) is 48.5 Å². The molecular formula is C23H22N4O. The normalized spacial score (nSPS) is 12.1. The van der Waals surface area contributed by atoms with Gasteiger partial charge < -0.3 is 4.90 Å². The molecule has 0 fully saturated rings. The van der Waals surface area contributed by atoms with Gasteiger partial charge >= 0.3 is 0 Å². The van der Waals surface area contributed by atoms with Crippen molar-refractivity contribution < 1.29 is 4.79 Å². The lowest BCUT2D eigenvalue weighted by Crippen LogP contribution is -2.30. The number of hydrogen-bond donors (Lipinski definition) is 0. The van der Waals surface area contributed by atoms with Gasteiger partial charge in [0.2, 0.25) is 5.91 Å². The van der Waals surface area contributed by atoms with Gasteiger partial charge in [0.05, 0.1) is 6.20 Å². The zero-order valence-electron chi connectivity index (χ0n) is 16.2. The van der Waals surface area contributed by atoms with Gasteiger partial charge in [-0.25, -0.2) is 0 Å². The van der Waals surface area contributed by atoms with Crippen LogP contribution < -0.4 is 0 Å². The molecule has 0 saturated heterocycles. The summed E-state index contributed by atoms with van der Waals surface area (Å²) in [4.78, 5) is 18.1. The van der Waals surface area contributed by atoms with Crippen molar-refractivity contribution in [2.75, 3.05) is 14.1 Å². The van der Waals surface area contributed by atoms with E-state index in [9.17, 15) is 4.79 Å². The molecule has 0 spiro atoms. The molecule has 0 N–H and O–H groups in total. The van der Waals surface area contributed by atoms with E-state index in [0.717, 1.165) is 27.6 Å². The highest BCUT2D eigenvalue weighted by molar-refractivity contribution is 5.95. The average molecular weight is 370 g/mol. The zero-order chi connectivity index (χ0) is 19.7. The Morgan fingerprint density at radius 3 is 2.39 bits per heavy atom. The molecule has 2 aromatic heterocycles. The van der Waals surface area contributed by atoms with Gasteiger partial charge in [-0.05, 0) is 23.4 Å². The standard InChI is InChI=1S/C23H22N4O/c1-16(23(28)26(2)3)27-15-20(13-25-27)17-8-10-18(11-9-17)22-14-24-12-19-6-4-5-7-21(19)22/h4-16H,1-3H3/t16-/m1/s1. The van der Waals surface area contributed by atoms with Crippen molar-refractivity contribution in [2.45, 2.75) is 13.0 Å². The quantitative estimate of drug-likeness (QED) is 0.534. The van der Waals surface area contributed by atoms with E-state index in [-0.39, 0.29) is 11.9 Å². The molecule has 1 amide bonds. The third-order valence-electron chi connectivity index (χ3n) is 4.99. The fraction of sp³-hybridized carbons (Fsp3) is 0.174. The molecule has 0 aliphatic heterocycles. The molecule has 1 atom stereocenters. The van der Waals surface area contributed by atoms with Crippen LogP contribution in [0.1, 0.15) is 13.0 Å². The third kappa shape index (κ3) is 3.27. The lowest BCUT2D eigenvalue weighted by atomic mass is 9.99. The number of fused-ring (bicyclic) bond motifs is 1. The Kier molecular flexibility index (Phi) is 4.65. The van der Waals surface area contributed by atoms with E-state index >= 15 is 0 Å². The van der Waals surface area contributed by atoms with Crippen LogP contribution in [0.5, 0.6) is 0 Å². The Morgan fingerprint density at radius 2 is 1.64 bits per heavy atom. The number of carbonyl (C=O) groups excluding carboxylic acids is 1. The number of benzene rings is 2. The summed E-state index contributed by atoms with van der Waals surface area (Å²) in [7, 11) is 3.51. The van der Waals surface area contributed by atoms with E-state index in [4.69, 9.17) is 0 Å². The Balaban J connectivity index is 1.63. The minimum atomic E-state index is -0.329. The third-order valence-corrected chi connectivity index (χ3v) is 4.99. The number of pyridine rings is 1. The van der Waals surface area contributed by atoms with Crippen LogP contribution in [0.25, 0.3) is 33.0 Å². The van der Waals surface area contributed by atoms with Crippen LogP contribution in [0.2, 0.25) is 0 Å². The molecule has 4 aromatic rings. The average Bonchev–Trinajstić information content (AvgIpc) is 3.22. The van der Waals surface area contributed by atoms with Crippen LogP contribution in [0.4, 0.5) is 0 Å². The van der Waals surface area contributed by atoms with Gasteiger partial charge in [0, 0.05) is 49.2 Å². The van der Waals surface area contributed by atoms with Crippen molar-refractivity contribution in [3.05, 3.63) is 73.3 Å². The Bertz CT molecular complexity index is 1120. The molecule has 0 unspecified atom stereocenters. The second-order valence-corrected chi connectivity index (χ2v) is 7.10. The summed E-state index contributed by atoms with van der Waals surface area (Å²) in [6, 6.07) is 16.3. The molecular weight excluding hydrogens is 348 g/mol. The Morgan fingerprint density at radius 1 is 0.929 bits per heavy atom. The number of aromatic nitrogens is 3. The van der Waals surface area contributed by atoms with Gasteiger partial charge in [0.15, 0.2) is 0 Å². The minimum Gasteiger partial charge on any atom is -0.347 e. The molecule has 0 radical (unpaired) electrons. The molecule has 2 aromatic carbocycles. The van der Waals surface area contributed by atoms with Crippen LogP contribution in [0.15, 0.2) is 73.3 Å². The Labute approximate surface area is 164 Å². The first-order valence-corrected chi connectivity index (χ1v) is 9.23. The van der Waals surface area contributed by atoms with E-state index in [1.807, 2.05) is 37.6 Å². The van der Waals surface area contributed by atoms with Crippen LogP contribution >= 0.6 is 0 Å². The summed E-state index contributed by atoms with van der Waals surface area (Å²) >= 11 is 0. The lowest BCUT2D eigenvalue weighted by molar-refractivity contribution is -0.131. The zero-order valence-corrected chi connectivity index (χ0v) is 16.2. The molecule has 0 bridgehead atoms. The Hall–Kier alpha value is -3.47. The predicted octanol–water partition coefficient (Wildman–Crippen LogP) is 4.41. The SMILES string of the molecule is C[C@H](C(=O)N(C)C)n1cc(-c2ccc(-c3cncc4ccccc34)cc2)cn1. The molecule has 28 heavy (non-hydrogen) atoms. The van der Waals surface area contributed by atoms with Crippen molar-refractivity contribution in [3.8, 4) is 22.3 Å². The van der Waals surface area contributed by atoms with Crippen molar-refractivity contribution in [2.24, 2.45) is 0 Å². The number of nitrogens with zero attached hydrogens (tertiary/aromatic N) is 4. The highest BCUT2D eigenvalue weighted by atomic mass is 16.2. The second-order valence-electron chi connectivity index (χ2n) is 7.10. The van der Waals surface area contributed by atoms with E-state index in [1.165, 1.54) is 5.39 Å². The molecule has 2 heterocycles. The minimum absolute atomic E-state index is 0.0217. The van der Waals surface area contributed by atoms with Gasteiger partial charge in [0.1, 0.15) is 6.04 Å². The highest BCUT2D eigenvalue weighted by Gasteiger charge is 2.18. The fourth-order valence-electron chi connectivity index (χ4n) is 3.37. The smallest absolute Gasteiger partial charge is 0.246 e. The van der Waals surface area contributed by atoms with Crippen molar-refractivity contribution in [1.82, 2.24) is 19.7 Å². The maximum atomic E-state index is 12.2. The van der Waals surface area contributed by atoms with Crippen LogP contribution in [-0.2, 0) is 4.79 Å². The summed E-state index contributed by atoms with van der Waals surface area (Å²) in [5.41, 5.74) is 4.29. The van der Waals surface area contributed by atoms with E-state index in [0.29, 0.717) is 0 Å². The van der Waals surface area contributed by atoms with Crippen LogP contribution in [0, 0.1) is 0 Å². The number of hydrogen-bond acceptors (Lipinski definition) is 3. The van der Waals surface area contributed by atoms with Gasteiger partial charge in [-0.3, -0.25) is 14.5 Å². The molecule has 0 aliphatic carbocycles. The molecule has 5 nitrogen and oxygen atoms in total. The van der Waals surface area contributed by atoms with Gasteiger partial charge in [-0.2, -0.15) is 5.10 Å². The van der Waals surface area contributed by atoms with Crippen molar-refractivity contribution in [3.63, 3.8) is 0 Å². The topological polar surface area (TPSA) is 51.0 Å². The lowest BCUT2D eigenvalue weighted by Gasteiger charge is -2.16. The maximum absolute atomic E-state index is 12.2. The first kappa shape index (κ1) is 17.9. The van der Waals surface area contributed by atoms with Crippen LogP contribution in [0.3, 0.4) is 0 Å². The number of amides is 1. The number of carbonyl (C=O) groups is 1. The van der Waals surface area contributed by atoms with Crippen LogP contribution in [-0.4, -0.2) is 39.7 Å². The fourth-order valence-corrected chi connectivity index (χ4v) is 3.37. The van der Waals surface area contributed by atoms with E-state index in [2.05, 4.69) is 46.5 Å². The summed E-state index contributed by atoms with van der Waals surface area (Å²) in [5.74, 6) is 0.0217. The summed E-state index contributed by atoms with van der Waals surface area (Å²) in [6.07, 6.45) is 7.51. The first-order valence-electron chi connectivity index (χ1n) is 9.23. The second kappa shape index (κ2) is 7.27. The molecule has 140 valence electrons. The largest absolute Gasteiger partial charge is 0.347 e.